The molecule has 0 aliphatic carbocycles. The number of anilines is 3. The topological polar surface area (TPSA) is 86.9 Å². The summed E-state index contributed by atoms with van der Waals surface area (Å²) in [6.07, 6.45) is 6.86. The number of ether oxygens (including phenoxy) is 1. The van der Waals surface area contributed by atoms with Crippen LogP contribution in [0.3, 0.4) is 0 Å². The number of hydrogen-bond donors (Lipinski definition) is 2. The SMILES string of the molecule is CCCN1CCN(C(=O)c2ccc(NC(=O)Nc3ccc(N4C=C(N5CCCN(CC)CC5)C=C(N5CCOCC5)S4)cc3)cc2)CC1. The number of carbonyl (C=O) groups excluding carboxylic acids is 2. The van der Waals surface area contributed by atoms with Crippen LogP contribution in [0.5, 0.6) is 0 Å². The second kappa shape index (κ2) is 16.6. The first-order valence-corrected chi connectivity index (χ1v) is 18.3. The molecule has 2 aromatic rings. The molecule has 2 aromatic carbocycles. The quantitative estimate of drug-likeness (QED) is 0.357. The molecule has 4 aliphatic rings. The summed E-state index contributed by atoms with van der Waals surface area (Å²) in [6, 6.07) is 14.8. The van der Waals surface area contributed by atoms with Crippen LogP contribution in [0.1, 0.15) is 37.0 Å². The molecular weight excluding hydrogens is 625 g/mol. The maximum absolute atomic E-state index is 13.0. The van der Waals surface area contributed by atoms with Crippen LogP contribution < -0.4 is 14.9 Å². The summed E-state index contributed by atoms with van der Waals surface area (Å²) in [4.78, 5) is 37.6. The highest BCUT2D eigenvalue weighted by molar-refractivity contribution is 8.04. The first-order valence-electron chi connectivity index (χ1n) is 17.5. The van der Waals surface area contributed by atoms with Gasteiger partial charge in [0.2, 0.25) is 0 Å². The molecule has 2 N–H and O–H groups in total. The second-order valence-electron chi connectivity index (χ2n) is 12.7. The Bertz CT molecular complexity index is 1440. The molecule has 12 heteroatoms. The third kappa shape index (κ3) is 8.84. The zero-order valence-corrected chi connectivity index (χ0v) is 29.2. The number of rotatable bonds is 9. The van der Waals surface area contributed by atoms with E-state index in [1.54, 1.807) is 36.2 Å². The van der Waals surface area contributed by atoms with Crippen LogP contribution >= 0.6 is 11.9 Å². The Hall–Kier alpha value is -3.71. The van der Waals surface area contributed by atoms with Gasteiger partial charge in [-0.3, -0.25) is 14.0 Å². The highest BCUT2D eigenvalue weighted by Crippen LogP contribution is 2.37. The molecular formula is C36H50N8O3S. The van der Waals surface area contributed by atoms with Crippen molar-refractivity contribution >= 4 is 40.9 Å². The van der Waals surface area contributed by atoms with Crippen molar-refractivity contribution in [3.63, 3.8) is 0 Å². The normalized spacial score (nSPS) is 19.8. The molecule has 0 saturated carbocycles. The van der Waals surface area contributed by atoms with E-state index in [-0.39, 0.29) is 11.9 Å². The van der Waals surface area contributed by atoms with Gasteiger partial charge in [0.25, 0.3) is 5.91 Å². The molecule has 11 nitrogen and oxygen atoms in total. The van der Waals surface area contributed by atoms with E-state index in [0.717, 1.165) is 110 Å². The van der Waals surface area contributed by atoms with Gasteiger partial charge < -0.3 is 35.0 Å². The van der Waals surface area contributed by atoms with E-state index in [1.807, 2.05) is 29.2 Å². The maximum Gasteiger partial charge on any atom is 0.323 e. The number of nitrogens with zero attached hydrogens (tertiary/aromatic N) is 6. The van der Waals surface area contributed by atoms with Gasteiger partial charge in [-0.15, -0.1) is 0 Å². The van der Waals surface area contributed by atoms with Gasteiger partial charge in [0.05, 0.1) is 29.6 Å². The summed E-state index contributed by atoms with van der Waals surface area (Å²) in [5.41, 5.74) is 4.25. The van der Waals surface area contributed by atoms with Crippen molar-refractivity contribution in [3.05, 3.63) is 77.1 Å². The van der Waals surface area contributed by atoms with Gasteiger partial charge in [0.15, 0.2) is 0 Å². The molecule has 4 heterocycles. The first kappa shape index (κ1) is 34.2. The lowest BCUT2D eigenvalue weighted by atomic mass is 10.1. The molecule has 0 atom stereocenters. The molecule has 3 fully saturated rings. The molecule has 3 amide bonds. The molecule has 3 saturated heterocycles. The molecule has 6 rings (SSSR count). The van der Waals surface area contributed by atoms with Crippen molar-refractivity contribution in [1.82, 2.24) is 24.5 Å². The predicted octanol–water partition coefficient (Wildman–Crippen LogP) is 5.01. The lowest BCUT2D eigenvalue weighted by Gasteiger charge is -2.37. The van der Waals surface area contributed by atoms with Gasteiger partial charge >= 0.3 is 6.03 Å². The molecule has 0 unspecified atom stereocenters. The van der Waals surface area contributed by atoms with Crippen molar-refractivity contribution in [3.8, 4) is 0 Å². The standard InChI is InChI=1S/C36H50N8O3S/c1-3-14-40-18-21-43(22-19-40)35(45)29-6-8-30(9-7-29)37-36(46)38-31-10-12-32(13-11-31)44-28-33(41-16-5-15-39(4-2)17-20-41)27-34(48-44)42-23-25-47-26-24-42/h6-13,27-28H,3-5,14-26H2,1-2H3,(H2,37,38,46). The van der Waals surface area contributed by atoms with Gasteiger partial charge in [0, 0.05) is 94.0 Å². The van der Waals surface area contributed by atoms with E-state index in [0.29, 0.717) is 16.9 Å². The van der Waals surface area contributed by atoms with Gasteiger partial charge in [0.1, 0.15) is 0 Å². The maximum atomic E-state index is 13.0. The number of piperazine rings is 1. The van der Waals surface area contributed by atoms with E-state index in [9.17, 15) is 9.59 Å². The van der Waals surface area contributed by atoms with E-state index < -0.39 is 0 Å². The Labute approximate surface area is 289 Å². The minimum Gasteiger partial charge on any atom is -0.378 e. The third-order valence-electron chi connectivity index (χ3n) is 9.41. The number of amides is 3. The number of hydrogen-bond acceptors (Lipinski definition) is 9. The van der Waals surface area contributed by atoms with Crippen LogP contribution in [-0.2, 0) is 4.74 Å². The fraction of sp³-hybridized carbons (Fsp3) is 0.500. The highest BCUT2D eigenvalue weighted by atomic mass is 32.2. The molecule has 0 bridgehead atoms. The van der Waals surface area contributed by atoms with Crippen LogP contribution in [0.4, 0.5) is 21.9 Å². The number of allylic oxidation sites excluding steroid dienone is 1. The number of urea groups is 1. The van der Waals surface area contributed by atoms with Crippen molar-refractivity contribution in [2.75, 3.05) is 107 Å². The molecule has 4 aliphatic heterocycles. The second-order valence-corrected chi connectivity index (χ2v) is 13.7. The van der Waals surface area contributed by atoms with E-state index >= 15 is 0 Å². The third-order valence-corrected chi connectivity index (χ3v) is 10.5. The lowest BCUT2D eigenvalue weighted by molar-refractivity contribution is 0.0575. The monoisotopic (exact) mass is 674 g/mol. The average Bonchev–Trinajstić information content (AvgIpc) is 3.39. The summed E-state index contributed by atoms with van der Waals surface area (Å²) in [5, 5.41) is 7.07. The van der Waals surface area contributed by atoms with Crippen LogP contribution in [-0.4, -0.2) is 128 Å². The zero-order chi connectivity index (χ0) is 33.3. The number of nitrogens with one attached hydrogen (secondary N) is 2. The molecule has 48 heavy (non-hydrogen) atoms. The number of carbonyl (C=O) groups is 2. The molecule has 0 spiro atoms. The van der Waals surface area contributed by atoms with Gasteiger partial charge in [-0.05, 0) is 87.1 Å². The van der Waals surface area contributed by atoms with Crippen molar-refractivity contribution in [2.24, 2.45) is 0 Å². The molecule has 258 valence electrons. The molecule has 0 aromatic heterocycles. The van der Waals surface area contributed by atoms with Gasteiger partial charge in [-0.25, -0.2) is 4.79 Å². The summed E-state index contributed by atoms with van der Waals surface area (Å²) in [5.74, 6) is 0.0400. The number of morpholine rings is 1. The lowest BCUT2D eigenvalue weighted by Crippen LogP contribution is -2.48. The number of benzene rings is 2. The van der Waals surface area contributed by atoms with Crippen molar-refractivity contribution in [2.45, 2.75) is 26.7 Å². The van der Waals surface area contributed by atoms with E-state index in [4.69, 9.17) is 4.74 Å². The van der Waals surface area contributed by atoms with Crippen LogP contribution in [0.25, 0.3) is 0 Å². The smallest absolute Gasteiger partial charge is 0.323 e. The minimum absolute atomic E-state index is 0.0400. The van der Waals surface area contributed by atoms with Crippen LogP contribution in [0.15, 0.2) is 71.5 Å². The molecule has 0 radical (unpaired) electrons. The average molecular weight is 675 g/mol. The van der Waals surface area contributed by atoms with Crippen LogP contribution in [0, 0.1) is 0 Å². The van der Waals surface area contributed by atoms with Crippen molar-refractivity contribution < 1.29 is 14.3 Å². The van der Waals surface area contributed by atoms with Gasteiger partial charge in [-0.2, -0.15) is 0 Å². The Morgan fingerprint density at radius 2 is 1.42 bits per heavy atom. The Kier molecular flexibility index (Phi) is 11.8. The summed E-state index contributed by atoms with van der Waals surface area (Å²) < 4.78 is 7.87. The summed E-state index contributed by atoms with van der Waals surface area (Å²) in [6.45, 7) is 17.4. The van der Waals surface area contributed by atoms with E-state index in [2.05, 4.69) is 60.7 Å². The fourth-order valence-corrected chi connectivity index (χ4v) is 7.63. The largest absolute Gasteiger partial charge is 0.378 e. The predicted molar refractivity (Wildman–Crippen MR) is 195 cm³/mol. The number of likely N-dealkylation sites (N-methyl/N-ethyl adjacent to an activating group) is 1. The van der Waals surface area contributed by atoms with Gasteiger partial charge in [-0.1, -0.05) is 13.8 Å². The summed E-state index contributed by atoms with van der Waals surface area (Å²) >= 11 is 1.73. The highest BCUT2D eigenvalue weighted by Gasteiger charge is 2.25. The van der Waals surface area contributed by atoms with E-state index in [1.165, 1.54) is 10.7 Å². The minimum atomic E-state index is -0.330. The fourth-order valence-electron chi connectivity index (χ4n) is 6.57. The Balaban J connectivity index is 1.06. The van der Waals surface area contributed by atoms with Crippen molar-refractivity contribution in [1.29, 1.82) is 0 Å². The first-order chi connectivity index (χ1) is 23.5. The van der Waals surface area contributed by atoms with Crippen LogP contribution in [0.2, 0.25) is 0 Å². The Morgan fingerprint density at radius 3 is 2.08 bits per heavy atom. The Morgan fingerprint density at radius 1 is 0.750 bits per heavy atom. The zero-order valence-electron chi connectivity index (χ0n) is 28.4. The summed E-state index contributed by atoms with van der Waals surface area (Å²) in [7, 11) is 0.